The third-order valence-electron chi connectivity index (χ3n) is 6.90. The second kappa shape index (κ2) is 7.20. The number of carbonyl (C=O) groups excluding carboxylic acids is 5. The van der Waals surface area contributed by atoms with Gasteiger partial charge in [0.15, 0.2) is 10.5 Å². The summed E-state index contributed by atoms with van der Waals surface area (Å²) in [5, 5.41) is 4.74. The lowest BCUT2D eigenvalue weighted by molar-refractivity contribution is -0.159. The smallest absolute Gasteiger partial charge is 0.332 e. The zero-order valence-electron chi connectivity index (χ0n) is 18.0. The highest BCUT2D eigenvalue weighted by Crippen LogP contribution is 2.49. The quantitative estimate of drug-likeness (QED) is 0.261. The van der Waals surface area contributed by atoms with E-state index in [0.717, 1.165) is 27.5 Å². The van der Waals surface area contributed by atoms with Crippen molar-refractivity contribution < 1.29 is 24.0 Å². The van der Waals surface area contributed by atoms with Crippen LogP contribution in [-0.4, -0.2) is 71.3 Å². The molecule has 1 aromatic carbocycles. The van der Waals surface area contributed by atoms with Crippen LogP contribution in [0.2, 0.25) is 0 Å². The number of fused-ring (bicyclic) bond motifs is 4. The van der Waals surface area contributed by atoms with E-state index in [-0.39, 0.29) is 23.1 Å². The predicted molar refractivity (Wildman–Crippen MR) is 121 cm³/mol. The van der Waals surface area contributed by atoms with Crippen LogP contribution < -0.4 is 15.5 Å². The molecule has 0 bridgehead atoms. The van der Waals surface area contributed by atoms with Gasteiger partial charge in [-0.1, -0.05) is 6.07 Å². The van der Waals surface area contributed by atoms with E-state index < -0.39 is 35.1 Å². The summed E-state index contributed by atoms with van der Waals surface area (Å²) >= 11 is 4.83. The predicted octanol–water partition coefficient (Wildman–Crippen LogP) is 0.163. The molecule has 5 rings (SSSR count). The fraction of sp³-hybridized carbons (Fsp3) is 0.364. The zero-order valence-corrected chi connectivity index (χ0v) is 18.8. The molecule has 10 nitrogen and oxygen atoms in total. The molecule has 0 aromatic heterocycles. The first-order valence-electron chi connectivity index (χ1n) is 10.5. The highest BCUT2D eigenvalue weighted by molar-refractivity contribution is 7.80. The van der Waals surface area contributed by atoms with Crippen LogP contribution in [0.25, 0.3) is 6.08 Å². The highest BCUT2D eigenvalue weighted by atomic mass is 32.1. The Labute approximate surface area is 194 Å². The van der Waals surface area contributed by atoms with Crippen LogP contribution in [-0.2, 0) is 25.6 Å². The van der Waals surface area contributed by atoms with E-state index in [2.05, 4.69) is 15.5 Å². The molecular formula is C22H21N5O5S. The van der Waals surface area contributed by atoms with E-state index in [1.807, 2.05) is 6.07 Å². The van der Waals surface area contributed by atoms with Crippen LogP contribution in [0.1, 0.15) is 24.0 Å². The number of rotatable bonds is 1. The molecule has 1 spiro atoms. The minimum absolute atomic E-state index is 0.0493. The SMILES string of the molecule is CN1C(=O)N(C)C(=O)C2(Cc3cc(C=C4C(=O)NC(=S)NC4=O)ccc3N3CCC[C@@H]32)C1=O. The molecule has 2 N–H and O–H groups in total. The topological polar surface area (TPSA) is 119 Å². The number of amides is 6. The molecule has 3 saturated heterocycles. The summed E-state index contributed by atoms with van der Waals surface area (Å²) in [6.07, 6.45) is 3.06. The zero-order chi connectivity index (χ0) is 23.7. The maximum Gasteiger partial charge on any atom is 0.332 e. The normalized spacial score (nSPS) is 24.1. The van der Waals surface area contributed by atoms with Crippen LogP contribution >= 0.6 is 12.2 Å². The molecule has 1 aromatic rings. The molecule has 0 aliphatic carbocycles. The van der Waals surface area contributed by atoms with Crippen molar-refractivity contribution in [2.24, 2.45) is 5.41 Å². The Balaban J connectivity index is 1.60. The van der Waals surface area contributed by atoms with Crippen molar-refractivity contribution in [3.8, 4) is 0 Å². The number of hydrogen-bond donors (Lipinski definition) is 2. The first-order valence-corrected chi connectivity index (χ1v) is 10.9. The summed E-state index contributed by atoms with van der Waals surface area (Å²) in [5.74, 6) is -2.20. The van der Waals surface area contributed by atoms with Gasteiger partial charge in [0.1, 0.15) is 5.57 Å². The van der Waals surface area contributed by atoms with Crippen molar-refractivity contribution in [2.75, 3.05) is 25.5 Å². The molecule has 11 heteroatoms. The Morgan fingerprint density at radius 2 is 1.67 bits per heavy atom. The van der Waals surface area contributed by atoms with Gasteiger partial charge in [-0.3, -0.25) is 39.6 Å². The second-order valence-corrected chi connectivity index (χ2v) is 9.10. The third kappa shape index (κ3) is 2.92. The lowest BCUT2D eigenvalue weighted by Gasteiger charge is -2.50. The molecule has 0 unspecified atom stereocenters. The van der Waals surface area contributed by atoms with Crippen LogP contribution in [0.5, 0.6) is 0 Å². The van der Waals surface area contributed by atoms with E-state index in [4.69, 9.17) is 12.2 Å². The Bertz CT molecular complexity index is 1160. The number of urea groups is 1. The fourth-order valence-corrected chi connectivity index (χ4v) is 5.59. The van der Waals surface area contributed by atoms with E-state index >= 15 is 0 Å². The summed E-state index contributed by atoms with van der Waals surface area (Å²) < 4.78 is 0. The van der Waals surface area contributed by atoms with Crippen molar-refractivity contribution in [1.82, 2.24) is 20.4 Å². The van der Waals surface area contributed by atoms with Crippen molar-refractivity contribution in [2.45, 2.75) is 25.3 Å². The number of benzene rings is 1. The molecule has 170 valence electrons. The number of barbiturate groups is 1. The number of imide groups is 2. The van der Waals surface area contributed by atoms with Gasteiger partial charge < -0.3 is 4.90 Å². The summed E-state index contributed by atoms with van der Waals surface area (Å²) in [7, 11) is 2.80. The number of nitrogens with zero attached hydrogens (tertiary/aromatic N) is 3. The van der Waals surface area contributed by atoms with E-state index in [1.165, 1.54) is 20.2 Å². The Morgan fingerprint density at radius 1 is 1.03 bits per heavy atom. The van der Waals surface area contributed by atoms with Gasteiger partial charge in [0.25, 0.3) is 11.8 Å². The van der Waals surface area contributed by atoms with Crippen LogP contribution in [0.3, 0.4) is 0 Å². The minimum atomic E-state index is -1.40. The Morgan fingerprint density at radius 3 is 2.30 bits per heavy atom. The molecular weight excluding hydrogens is 446 g/mol. The number of nitrogens with one attached hydrogen (secondary N) is 2. The average molecular weight is 468 g/mol. The summed E-state index contributed by atoms with van der Waals surface area (Å²) in [6.45, 7) is 0.685. The summed E-state index contributed by atoms with van der Waals surface area (Å²) in [4.78, 5) is 67.8. The van der Waals surface area contributed by atoms with Gasteiger partial charge >= 0.3 is 6.03 Å². The molecule has 1 atom stereocenters. The third-order valence-corrected chi connectivity index (χ3v) is 7.11. The lowest BCUT2D eigenvalue weighted by atomic mass is 9.68. The molecule has 6 amide bonds. The molecule has 0 saturated carbocycles. The molecule has 4 aliphatic heterocycles. The number of thiocarbonyl (C=S) groups is 1. The van der Waals surface area contributed by atoms with Gasteiger partial charge in [0, 0.05) is 26.3 Å². The van der Waals surface area contributed by atoms with Gasteiger partial charge in [-0.05, 0) is 60.8 Å². The van der Waals surface area contributed by atoms with Gasteiger partial charge in [0.2, 0.25) is 11.8 Å². The van der Waals surface area contributed by atoms with Crippen LogP contribution in [0.15, 0.2) is 23.8 Å². The molecule has 0 radical (unpaired) electrons. The lowest BCUT2D eigenvalue weighted by Crippen LogP contribution is -2.70. The van der Waals surface area contributed by atoms with Crippen LogP contribution in [0.4, 0.5) is 10.5 Å². The van der Waals surface area contributed by atoms with E-state index in [0.29, 0.717) is 18.5 Å². The van der Waals surface area contributed by atoms with E-state index in [9.17, 15) is 24.0 Å². The summed E-state index contributed by atoms with van der Waals surface area (Å²) in [5.41, 5.74) is 0.726. The molecule has 4 heterocycles. The standard InChI is InChI=1S/C22H21N5O5S/c1-25-18(30)22(19(31)26(2)21(25)32)10-12-8-11(5-6-14(12)27-7-3-4-15(22)27)9-13-16(28)23-20(33)24-17(13)29/h5-6,8-9,15H,3-4,7,10H2,1-2H3,(H2,23,24,28,29,33)/t15-/m1/s1. The van der Waals surface area contributed by atoms with Gasteiger partial charge in [0.05, 0.1) is 6.04 Å². The largest absolute Gasteiger partial charge is 0.367 e. The fourth-order valence-electron chi connectivity index (χ4n) is 5.40. The molecule has 3 fully saturated rings. The Kier molecular flexibility index (Phi) is 4.64. The Hall–Kier alpha value is -3.60. The maximum atomic E-state index is 13.4. The first kappa shape index (κ1) is 21.3. The minimum Gasteiger partial charge on any atom is -0.367 e. The maximum absolute atomic E-state index is 13.4. The second-order valence-electron chi connectivity index (χ2n) is 8.69. The van der Waals surface area contributed by atoms with Gasteiger partial charge in [-0.15, -0.1) is 0 Å². The average Bonchev–Trinajstić information content (AvgIpc) is 3.28. The van der Waals surface area contributed by atoms with Gasteiger partial charge in [-0.25, -0.2) is 4.79 Å². The van der Waals surface area contributed by atoms with Crippen molar-refractivity contribution in [3.05, 3.63) is 34.9 Å². The van der Waals surface area contributed by atoms with Crippen molar-refractivity contribution in [1.29, 1.82) is 0 Å². The van der Waals surface area contributed by atoms with Crippen LogP contribution in [0, 0.1) is 5.41 Å². The molecule has 33 heavy (non-hydrogen) atoms. The monoisotopic (exact) mass is 467 g/mol. The number of anilines is 1. The first-order chi connectivity index (χ1) is 15.6. The van der Waals surface area contributed by atoms with E-state index in [1.54, 1.807) is 12.1 Å². The van der Waals surface area contributed by atoms with Gasteiger partial charge in [-0.2, -0.15) is 0 Å². The number of carbonyl (C=O) groups is 5. The summed E-state index contributed by atoms with van der Waals surface area (Å²) in [6, 6.07) is 4.47. The highest BCUT2D eigenvalue weighted by Gasteiger charge is 2.63. The van der Waals surface area contributed by atoms with Crippen molar-refractivity contribution >= 4 is 58.8 Å². The number of hydrogen-bond acceptors (Lipinski definition) is 7. The van der Waals surface area contributed by atoms with Crippen molar-refractivity contribution in [3.63, 3.8) is 0 Å². The molecule has 4 aliphatic rings.